The molecular formula is C19H23ClN2O4S2. The molecule has 1 unspecified atom stereocenters. The summed E-state index contributed by atoms with van der Waals surface area (Å²) in [4.78, 5) is 12.8. The van der Waals surface area contributed by atoms with Gasteiger partial charge in [-0.15, -0.1) is 0 Å². The van der Waals surface area contributed by atoms with E-state index in [2.05, 4.69) is 10.0 Å². The van der Waals surface area contributed by atoms with Crippen molar-refractivity contribution in [3.8, 4) is 5.75 Å². The molecule has 0 radical (unpaired) electrons. The number of sulfonamides is 1. The van der Waals surface area contributed by atoms with E-state index < -0.39 is 22.0 Å². The molecule has 0 aliphatic rings. The van der Waals surface area contributed by atoms with Crippen molar-refractivity contribution in [3.63, 3.8) is 0 Å². The van der Waals surface area contributed by atoms with Crippen LogP contribution in [0.3, 0.4) is 0 Å². The van der Waals surface area contributed by atoms with Gasteiger partial charge in [0, 0.05) is 10.7 Å². The first-order valence-electron chi connectivity index (χ1n) is 8.49. The molecule has 0 aromatic heterocycles. The Bertz CT molecular complexity index is 918. The number of methoxy groups -OCH3 is 1. The van der Waals surface area contributed by atoms with Crippen molar-refractivity contribution in [2.75, 3.05) is 24.4 Å². The van der Waals surface area contributed by atoms with E-state index in [-0.39, 0.29) is 4.90 Å². The Labute approximate surface area is 175 Å². The van der Waals surface area contributed by atoms with Crippen molar-refractivity contribution >= 4 is 45.0 Å². The number of hydrogen-bond acceptors (Lipinski definition) is 5. The number of halogens is 1. The molecule has 152 valence electrons. The van der Waals surface area contributed by atoms with E-state index in [0.717, 1.165) is 5.56 Å². The maximum atomic E-state index is 12.7. The van der Waals surface area contributed by atoms with Crippen LogP contribution in [-0.4, -0.2) is 39.5 Å². The SMILES string of the molecule is COc1ccc(S(=O)(=O)NC(CCSC)C(=O)Nc2ccc(C)c(Cl)c2)cc1. The van der Waals surface area contributed by atoms with Crippen molar-refractivity contribution in [2.45, 2.75) is 24.3 Å². The number of carbonyl (C=O) groups excluding carboxylic acids is 1. The molecule has 0 aliphatic heterocycles. The van der Waals surface area contributed by atoms with Crippen LogP contribution in [0.15, 0.2) is 47.4 Å². The normalized spacial score (nSPS) is 12.4. The van der Waals surface area contributed by atoms with Crippen LogP contribution in [-0.2, 0) is 14.8 Å². The summed E-state index contributed by atoms with van der Waals surface area (Å²) in [5, 5.41) is 3.26. The summed E-state index contributed by atoms with van der Waals surface area (Å²) in [6.45, 7) is 1.86. The highest BCUT2D eigenvalue weighted by Gasteiger charge is 2.25. The van der Waals surface area contributed by atoms with E-state index in [1.165, 1.54) is 31.0 Å². The Balaban J connectivity index is 2.18. The third-order valence-corrected chi connectivity index (χ3v) is 6.57. The first-order chi connectivity index (χ1) is 13.3. The molecule has 0 saturated heterocycles. The quantitative estimate of drug-likeness (QED) is 0.618. The van der Waals surface area contributed by atoms with Gasteiger partial charge in [-0.3, -0.25) is 4.79 Å². The Morgan fingerprint density at radius 3 is 2.46 bits per heavy atom. The summed E-state index contributed by atoms with van der Waals surface area (Å²) < 4.78 is 32.9. The molecule has 28 heavy (non-hydrogen) atoms. The smallest absolute Gasteiger partial charge is 0.242 e. The second kappa shape index (κ2) is 10.2. The van der Waals surface area contributed by atoms with Gasteiger partial charge in [0.05, 0.1) is 12.0 Å². The van der Waals surface area contributed by atoms with E-state index in [9.17, 15) is 13.2 Å². The van der Waals surface area contributed by atoms with Crippen molar-refractivity contribution in [1.82, 2.24) is 4.72 Å². The number of hydrogen-bond donors (Lipinski definition) is 2. The third-order valence-electron chi connectivity index (χ3n) is 4.03. The van der Waals surface area contributed by atoms with Gasteiger partial charge in [0.25, 0.3) is 0 Å². The fraction of sp³-hybridized carbons (Fsp3) is 0.316. The van der Waals surface area contributed by atoms with E-state index >= 15 is 0 Å². The number of benzene rings is 2. The molecule has 2 aromatic rings. The fourth-order valence-electron chi connectivity index (χ4n) is 2.39. The van der Waals surface area contributed by atoms with Crippen molar-refractivity contribution in [3.05, 3.63) is 53.1 Å². The molecular weight excluding hydrogens is 420 g/mol. The van der Waals surface area contributed by atoms with Gasteiger partial charge in [-0.05, 0) is 67.3 Å². The lowest BCUT2D eigenvalue weighted by atomic mass is 10.2. The summed E-state index contributed by atoms with van der Waals surface area (Å²) in [7, 11) is -2.37. The van der Waals surface area contributed by atoms with Crippen LogP contribution in [0.2, 0.25) is 5.02 Å². The minimum absolute atomic E-state index is 0.0635. The number of aryl methyl sites for hydroxylation is 1. The molecule has 2 aromatic carbocycles. The lowest BCUT2D eigenvalue weighted by Gasteiger charge is -2.18. The van der Waals surface area contributed by atoms with Crippen molar-refractivity contribution in [2.24, 2.45) is 0 Å². The largest absolute Gasteiger partial charge is 0.497 e. The molecule has 0 fully saturated rings. The Morgan fingerprint density at radius 2 is 1.89 bits per heavy atom. The van der Waals surface area contributed by atoms with Crippen LogP contribution in [0.5, 0.6) is 5.75 Å². The van der Waals surface area contributed by atoms with E-state index in [0.29, 0.717) is 28.6 Å². The van der Waals surface area contributed by atoms with Crippen LogP contribution in [0.4, 0.5) is 5.69 Å². The van der Waals surface area contributed by atoms with Crippen LogP contribution in [0.1, 0.15) is 12.0 Å². The zero-order valence-corrected chi connectivity index (χ0v) is 18.2. The molecule has 6 nitrogen and oxygen atoms in total. The van der Waals surface area contributed by atoms with Gasteiger partial charge in [-0.25, -0.2) is 8.42 Å². The highest BCUT2D eigenvalue weighted by Crippen LogP contribution is 2.21. The summed E-state index contributed by atoms with van der Waals surface area (Å²) >= 11 is 7.63. The molecule has 0 saturated carbocycles. The zero-order valence-electron chi connectivity index (χ0n) is 15.9. The Kier molecular flexibility index (Phi) is 8.18. The van der Waals surface area contributed by atoms with Gasteiger partial charge in [0.15, 0.2) is 0 Å². The predicted molar refractivity (Wildman–Crippen MR) is 115 cm³/mol. The molecule has 0 heterocycles. The van der Waals surface area contributed by atoms with E-state index in [1.807, 2.05) is 13.2 Å². The first kappa shape index (κ1) is 22.5. The average Bonchev–Trinajstić information content (AvgIpc) is 2.68. The lowest BCUT2D eigenvalue weighted by molar-refractivity contribution is -0.117. The summed E-state index contributed by atoms with van der Waals surface area (Å²) in [6, 6.07) is 10.2. The average molecular weight is 443 g/mol. The number of nitrogens with one attached hydrogen (secondary N) is 2. The second-order valence-electron chi connectivity index (χ2n) is 6.08. The van der Waals surface area contributed by atoms with E-state index in [4.69, 9.17) is 16.3 Å². The Morgan fingerprint density at radius 1 is 1.21 bits per heavy atom. The van der Waals surface area contributed by atoms with Crippen LogP contribution >= 0.6 is 23.4 Å². The van der Waals surface area contributed by atoms with Crippen LogP contribution in [0, 0.1) is 6.92 Å². The number of thioether (sulfide) groups is 1. The van der Waals surface area contributed by atoms with Crippen LogP contribution < -0.4 is 14.8 Å². The molecule has 2 N–H and O–H groups in total. The van der Waals surface area contributed by atoms with Gasteiger partial charge in [-0.2, -0.15) is 16.5 Å². The van der Waals surface area contributed by atoms with Crippen molar-refractivity contribution in [1.29, 1.82) is 0 Å². The Hall–Kier alpha value is -1.74. The van der Waals surface area contributed by atoms with Gasteiger partial charge >= 0.3 is 0 Å². The number of ether oxygens (including phenoxy) is 1. The van der Waals surface area contributed by atoms with Gasteiger partial charge in [-0.1, -0.05) is 17.7 Å². The minimum atomic E-state index is -3.87. The van der Waals surface area contributed by atoms with E-state index in [1.54, 1.807) is 30.3 Å². The van der Waals surface area contributed by atoms with Crippen LogP contribution in [0.25, 0.3) is 0 Å². The van der Waals surface area contributed by atoms with Crippen molar-refractivity contribution < 1.29 is 17.9 Å². The molecule has 9 heteroatoms. The molecule has 0 bridgehead atoms. The topological polar surface area (TPSA) is 84.5 Å². The standard InChI is InChI=1S/C19H23ClN2O4S2/c1-13-4-5-14(12-17(13)20)21-19(23)18(10-11-27-3)22-28(24,25)16-8-6-15(26-2)7-9-16/h4-9,12,18,22H,10-11H2,1-3H3,(H,21,23). The van der Waals surface area contributed by atoms with Gasteiger partial charge in [0.1, 0.15) is 11.8 Å². The molecule has 1 amide bonds. The molecule has 0 spiro atoms. The molecule has 0 aliphatic carbocycles. The number of rotatable bonds is 9. The fourth-order valence-corrected chi connectivity index (χ4v) is 4.27. The summed E-state index contributed by atoms with van der Waals surface area (Å²) in [6.07, 6.45) is 2.24. The monoisotopic (exact) mass is 442 g/mol. The number of carbonyl (C=O) groups is 1. The zero-order chi connectivity index (χ0) is 20.7. The highest BCUT2D eigenvalue weighted by atomic mass is 35.5. The second-order valence-corrected chi connectivity index (χ2v) is 9.19. The highest BCUT2D eigenvalue weighted by molar-refractivity contribution is 7.98. The maximum Gasteiger partial charge on any atom is 0.242 e. The van der Waals surface area contributed by atoms with Gasteiger partial charge < -0.3 is 10.1 Å². The van der Waals surface area contributed by atoms with Gasteiger partial charge in [0.2, 0.25) is 15.9 Å². The number of amides is 1. The predicted octanol–water partition coefficient (Wildman–Crippen LogP) is 3.70. The summed E-state index contributed by atoms with van der Waals surface area (Å²) in [5.74, 6) is 0.732. The maximum absolute atomic E-state index is 12.7. The minimum Gasteiger partial charge on any atom is -0.497 e. The number of anilines is 1. The summed E-state index contributed by atoms with van der Waals surface area (Å²) in [5.41, 5.74) is 1.40. The molecule has 1 atom stereocenters. The molecule has 2 rings (SSSR count). The first-order valence-corrected chi connectivity index (χ1v) is 11.7. The lowest BCUT2D eigenvalue weighted by Crippen LogP contribution is -2.44. The third kappa shape index (κ3) is 6.13.